The highest BCUT2D eigenvalue weighted by atomic mass is 19.1. The highest BCUT2D eigenvalue weighted by Crippen LogP contribution is 2.36. The van der Waals surface area contributed by atoms with Crippen LogP contribution in [0.3, 0.4) is 0 Å². The number of likely N-dealkylation sites (tertiary alicyclic amines) is 1. The molecule has 1 aliphatic rings. The van der Waals surface area contributed by atoms with Crippen LogP contribution >= 0.6 is 0 Å². The van der Waals surface area contributed by atoms with Crippen molar-refractivity contribution < 1.29 is 13.9 Å². The van der Waals surface area contributed by atoms with E-state index < -0.39 is 5.82 Å². The van der Waals surface area contributed by atoms with Crippen LogP contribution in [0.5, 0.6) is 5.75 Å². The zero-order chi connectivity index (χ0) is 24.8. The molecule has 1 aliphatic heterocycles. The number of fused-ring (bicyclic) bond motifs is 2. The van der Waals surface area contributed by atoms with Crippen molar-refractivity contribution in [2.24, 2.45) is 0 Å². The number of pyridine rings is 1. The van der Waals surface area contributed by atoms with Crippen LogP contribution in [0.25, 0.3) is 39.1 Å². The summed E-state index contributed by atoms with van der Waals surface area (Å²) in [5, 5.41) is 8.36. The van der Waals surface area contributed by atoms with Gasteiger partial charge in [-0.15, -0.1) is 5.10 Å². The van der Waals surface area contributed by atoms with Crippen LogP contribution in [0.4, 0.5) is 4.39 Å². The molecule has 0 unspecified atom stereocenters. The molecule has 0 N–H and O–H groups in total. The van der Waals surface area contributed by atoms with Crippen molar-refractivity contribution in [2.45, 2.75) is 26.3 Å². The number of hydrogen-bond acceptors (Lipinski definition) is 6. The Morgan fingerprint density at radius 3 is 2.72 bits per heavy atom. The molecule has 4 aromatic heterocycles. The van der Waals surface area contributed by atoms with Crippen LogP contribution in [0.1, 0.15) is 30.3 Å². The lowest BCUT2D eigenvalue weighted by Crippen LogP contribution is -2.27. The van der Waals surface area contributed by atoms with Gasteiger partial charge in [0.2, 0.25) is 0 Å². The summed E-state index contributed by atoms with van der Waals surface area (Å²) in [6.07, 6.45) is 8.81. The highest BCUT2D eigenvalue weighted by molar-refractivity contribution is 5.93. The maximum absolute atomic E-state index is 15.2. The quantitative estimate of drug-likeness (QED) is 0.370. The third-order valence-corrected chi connectivity index (χ3v) is 6.70. The lowest BCUT2D eigenvalue weighted by molar-refractivity contribution is 0.0787. The Morgan fingerprint density at radius 2 is 1.94 bits per heavy atom. The zero-order valence-electron chi connectivity index (χ0n) is 20.0. The van der Waals surface area contributed by atoms with Gasteiger partial charge in [0.05, 0.1) is 19.6 Å². The summed E-state index contributed by atoms with van der Waals surface area (Å²) in [7, 11) is 1.53. The van der Waals surface area contributed by atoms with E-state index in [9.17, 15) is 4.79 Å². The topological polar surface area (TPSA) is 90.4 Å². The summed E-state index contributed by atoms with van der Waals surface area (Å²) < 4.78 is 24.5. The predicted octanol–water partition coefficient (Wildman–Crippen LogP) is 4.21. The first-order valence-electron chi connectivity index (χ1n) is 11.9. The molecule has 5 heterocycles. The van der Waals surface area contributed by atoms with E-state index in [-0.39, 0.29) is 5.91 Å². The molecule has 1 saturated heterocycles. The van der Waals surface area contributed by atoms with Gasteiger partial charge in [-0.25, -0.2) is 14.4 Å². The van der Waals surface area contributed by atoms with Crippen molar-refractivity contribution in [2.75, 3.05) is 20.2 Å². The Balaban J connectivity index is 1.46. The largest absolute Gasteiger partial charge is 0.496 e. The molecule has 0 bridgehead atoms. The van der Waals surface area contributed by atoms with E-state index >= 15 is 4.39 Å². The summed E-state index contributed by atoms with van der Waals surface area (Å²) in [6.45, 7) is 4.21. The first kappa shape index (κ1) is 22.1. The van der Waals surface area contributed by atoms with Crippen LogP contribution < -0.4 is 4.74 Å². The van der Waals surface area contributed by atoms with Gasteiger partial charge in [0.1, 0.15) is 28.4 Å². The van der Waals surface area contributed by atoms with Crippen LogP contribution in [0, 0.1) is 5.82 Å². The van der Waals surface area contributed by atoms with E-state index in [1.807, 2.05) is 16.4 Å². The first-order valence-corrected chi connectivity index (χ1v) is 11.9. The molecule has 10 heteroatoms. The molecule has 1 fully saturated rings. The highest BCUT2D eigenvalue weighted by Gasteiger charge is 2.23. The molecular weight excluding hydrogens is 461 g/mol. The Morgan fingerprint density at radius 1 is 1.11 bits per heavy atom. The maximum Gasteiger partial charge on any atom is 0.274 e. The Labute approximate surface area is 206 Å². The van der Waals surface area contributed by atoms with Crippen LogP contribution in [0.15, 0.2) is 49.2 Å². The number of aryl methyl sites for hydroxylation is 1. The van der Waals surface area contributed by atoms with E-state index in [1.54, 1.807) is 47.5 Å². The maximum atomic E-state index is 15.2. The van der Waals surface area contributed by atoms with Gasteiger partial charge < -0.3 is 18.6 Å². The zero-order valence-corrected chi connectivity index (χ0v) is 20.0. The number of imidazole rings is 2. The average Bonchev–Trinajstić information content (AvgIpc) is 3.67. The minimum absolute atomic E-state index is 0.0920. The van der Waals surface area contributed by atoms with Gasteiger partial charge in [-0.05, 0) is 37.5 Å². The summed E-state index contributed by atoms with van der Waals surface area (Å²) >= 11 is 0. The summed E-state index contributed by atoms with van der Waals surface area (Å²) in [4.78, 5) is 23.7. The molecule has 1 aromatic carbocycles. The number of aromatic nitrogens is 6. The number of nitrogens with zero attached hydrogens (tertiary/aromatic N) is 7. The van der Waals surface area contributed by atoms with E-state index in [0.717, 1.165) is 37.1 Å². The Hall–Kier alpha value is -4.34. The molecule has 0 atom stereocenters. The lowest BCUT2D eigenvalue weighted by atomic mass is 9.99. The Bertz CT molecular complexity index is 1620. The summed E-state index contributed by atoms with van der Waals surface area (Å²) in [5.74, 6) is -0.0366. The van der Waals surface area contributed by atoms with Crippen LogP contribution in [-0.2, 0) is 6.54 Å². The lowest BCUT2D eigenvalue weighted by Gasteiger charge is -2.12. The van der Waals surface area contributed by atoms with Gasteiger partial charge in [0, 0.05) is 54.8 Å². The van der Waals surface area contributed by atoms with Crippen LogP contribution in [-0.4, -0.2) is 60.1 Å². The second kappa shape index (κ2) is 8.71. The smallest absolute Gasteiger partial charge is 0.274 e. The van der Waals surface area contributed by atoms with E-state index in [4.69, 9.17) is 4.74 Å². The van der Waals surface area contributed by atoms with Crippen molar-refractivity contribution in [1.82, 2.24) is 34.0 Å². The van der Waals surface area contributed by atoms with Gasteiger partial charge in [-0.2, -0.15) is 5.10 Å². The SMILES string of the molecule is CCn1cnc2c(-c3ccc(F)c(-c4cn5cc(C(=O)N6CCCC6)nc5cc4OC)c3)cnnc21. The van der Waals surface area contributed by atoms with Gasteiger partial charge in [0.15, 0.2) is 5.65 Å². The molecule has 0 saturated carbocycles. The number of carbonyl (C=O) groups excluding carboxylic acids is 1. The fourth-order valence-electron chi connectivity index (χ4n) is 4.79. The molecule has 0 radical (unpaired) electrons. The van der Waals surface area contributed by atoms with E-state index in [0.29, 0.717) is 45.9 Å². The number of benzene rings is 1. The van der Waals surface area contributed by atoms with E-state index in [2.05, 4.69) is 20.2 Å². The molecule has 0 aliphatic carbocycles. The molecule has 6 rings (SSSR count). The molecular formula is C26H24FN7O2. The van der Waals surface area contributed by atoms with Crippen molar-refractivity contribution >= 4 is 22.7 Å². The molecule has 182 valence electrons. The average molecular weight is 486 g/mol. The number of methoxy groups -OCH3 is 1. The van der Waals surface area contributed by atoms with Crippen molar-refractivity contribution in [3.05, 3.63) is 60.7 Å². The number of rotatable bonds is 5. The third kappa shape index (κ3) is 3.57. The van der Waals surface area contributed by atoms with Crippen molar-refractivity contribution in [1.29, 1.82) is 0 Å². The minimum Gasteiger partial charge on any atom is -0.496 e. The normalized spacial score (nSPS) is 13.7. The Kier molecular flexibility index (Phi) is 5.36. The fraction of sp³-hybridized carbons (Fsp3) is 0.269. The number of amides is 1. The predicted molar refractivity (Wildman–Crippen MR) is 132 cm³/mol. The number of halogens is 1. The summed E-state index contributed by atoms with van der Waals surface area (Å²) in [6, 6.07) is 6.61. The third-order valence-electron chi connectivity index (χ3n) is 6.70. The van der Waals surface area contributed by atoms with Gasteiger partial charge in [-0.1, -0.05) is 6.07 Å². The summed E-state index contributed by atoms with van der Waals surface area (Å²) in [5.41, 5.74) is 4.70. The number of hydrogen-bond donors (Lipinski definition) is 0. The monoisotopic (exact) mass is 485 g/mol. The molecule has 5 aromatic rings. The second-order valence-electron chi connectivity index (χ2n) is 8.80. The molecule has 36 heavy (non-hydrogen) atoms. The second-order valence-corrected chi connectivity index (χ2v) is 8.80. The van der Waals surface area contributed by atoms with Gasteiger partial charge in [-0.3, -0.25) is 4.79 Å². The molecule has 1 amide bonds. The number of carbonyl (C=O) groups is 1. The van der Waals surface area contributed by atoms with Gasteiger partial charge in [0.25, 0.3) is 5.91 Å². The van der Waals surface area contributed by atoms with Crippen molar-refractivity contribution in [3.63, 3.8) is 0 Å². The number of ether oxygens (including phenoxy) is 1. The van der Waals surface area contributed by atoms with Crippen LogP contribution in [0.2, 0.25) is 0 Å². The standard InChI is InChI=1S/C26H24FN7O2/c1-3-32-15-28-24-18(12-29-31-25(24)32)16-6-7-20(27)17(10-16)19-13-34-14-21(26(35)33-8-4-5-9-33)30-23(34)11-22(19)36-2/h6-7,10-15H,3-5,8-9H2,1-2H3. The fourth-order valence-corrected chi connectivity index (χ4v) is 4.79. The first-order chi connectivity index (χ1) is 17.6. The minimum atomic E-state index is -0.401. The molecule has 0 spiro atoms. The molecule has 9 nitrogen and oxygen atoms in total. The van der Waals surface area contributed by atoms with E-state index in [1.165, 1.54) is 13.2 Å². The van der Waals surface area contributed by atoms with Gasteiger partial charge >= 0.3 is 0 Å². The van der Waals surface area contributed by atoms with Crippen molar-refractivity contribution in [3.8, 4) is 28.0 Å².